The lowest BCUT2D eigenvalue weighted by Gasteiger charge is -2.15. The minimum Gasteiger partial charge on any atom is -0.490 e. The van der Waals surface area contributed by atoms with Crippen LogP contribution in [0.4, 0.5) is 0 Å². The molecular formula is C31H23BrINO4. The van der Waals surface area contributed by atoms with E-state index in [0.717, 1.165) is 35.9 Å². The summed E-state index contributed by atoms with van der Waals surface area (Å²) in [5.41, 5.74) is 4.98. The molecule has 0 unspecified atom stereocenters. The molecule has 38 heavy (non-hydrogen) atoms. The van der Waals surface area contributed by atoms with Crippen molar-refractivity contribution in [1.82, 2.24) is 0 Å². The molecule has 0 amide bonds. The maximum absolute atomic E-state index is 12.6. The van der Waals surface area contributed by atoms with Crippen molar-refractivity contribution in [3.63, 3.8) is 0 Å². The predicted octanol–water partition coefficient (Wildman–Crippen LogP) is 8.04. The number of esters is 1. The number of carbonyl (C=O) groups excluding carboxylic acids is 1. The zero-order chi connectivity index (χ0) is 26.5. The lowest BCUT2D eigenvalue weighted by molar-refractivity contribution is -0.129. The number of carbonyl (C=O) groups is 1. The van der Waals surface area contributed by atoms with Gasteiger partial charge in [0.2, 0.25) is 5.90 Å². The van der Waals surface area contributed by atoms with Crippen LogP contribution in [-0.2, 0) is 16.1 Å². The zero-order valence-corrected chi connectivity index (χ0v) is 24.2. The highest BCUT2D eigenvalue weighted by atomic mass is 127. The van der Waals surface area contributed by atoms with Crippen LogP contribution in [0.5, 0.6) is 11.5 Å². The molecule has 5 nitrogen and oxygen atoms in total. The summed E-state index contributed by atoms with van der Waals surface area (Å²) in [5.74, 6) is 1.07. The Morgan fingerprint density at radius 1 is 0.895 bits per heavy atom. The highest BCUT2D eigenvalue weighted by Crippen LogP contribution is 2.36. The molecule has 190 valence electrons. The number of cyclic esters (lactones) is 1. The minimum absolute atomic E-state index is 0.230. The van der Waals surface area contributed by atoms with Gasteiger partial charge in [-0.3, -0.25) is 0 Å². The second kappa shape index (κ2) is 12.0. The van der Waals surface area contributed by atoms with Gasteiger partial charge in [-0.05, 0) is 94.2 Å². The summed E-state index contributed by atoms with van der Waals surface area (Å²) in [6, 6.07) is 29.7. The quantitative estimate of drug-likeness (QED) is 0.107. The molecular weight excluding hydrogens is 657 g/mol. The first kappa shape index (κ1) is 26.2. The molecule has 0 aromatic heterocycles. The highest BCUT2D eigenvalue weighted by molar-refractivity contribution is 14.1. The van der Waals surface area contributed by atoms with Gasteiger partial charge in [0, 0.05) is 10.0 Å². The number of benzene rings is 4. The lowest BCUT2D eigenvalue weighted by atomic mass is 10.0. The monoisotopic (exact) mass is 679 g/mol. The van der Waals surface area contributed by atoms with Crippen molar-refractivity contribution in [2.45, 2.75) is 13.5 Å². The van der Waals surface area contributed by atoms with Crippen LogP contribution >= 0.6 is 38.5 Å². The van der Waals surface area contributed by atoms with Gasteiger partial charge in [-0.2, -0.15) is 0 Å². The van der Waals surface area contributed by atoms with Gasteiger partial charge in [0.05, 0.1) is 10.2 Å². The molecule has 5 rings (SSSR count). The molecule has 0 aliphatic carbocycles. The fourth-order valence-electron chi connectivity index (χ4n) is 3.94. The molecule has 0 spiro atoms. The molecule has 0 bridgehead atoms. The Hall–Kier alpha value is -3.43. The summed E-state index contributed by atoms with van der Waals surface area (Å²) < 4.78 is 19.4. The van der Waals surface area contributed by atoms with Gasteiger partial charge < -0.3 is 14.2 Å². The van der Waals surface area contributed by atoms with Crippen molar-refractivity contribution in [1.29, 1.82) is 0 Å². The van der Waals surface area contributed by atoms with Crippen molar-refractivity contribution < 1.29 is 19.0 Å². The highest BCUT2D eigenvalue weighted by Gasteiger charge is 2.24. The molecule has 4 aromatic rings. The van der Waals surface area contributed by atoms with E-state index in [1.807, 2.05) is 85.8 Å². The van der Waals surface area contributed by atoms with Gasteiger partial charge >= 0.3 is 5.97 Å². The van der Waals surface area contributed by atoms with E-state index >= 15 is 0 Å². The normalized spacial score (nSPS) is 13.8. The van der Waals surface area contributed by atoms with E-state index in [-0.39, 0.29) is 11.6 Å². The van der Waals surface area contributed by atoms with E-state index in [9.17, 15) is 4.79 Å². The largest absolute Gasteiger partial charge is 0.490 e. The smallest absolute Gasteiger partial charge is 0.363 e. The first-order valence-corrected chi connectivity index (χ1v) is 13.9. The second-order valence-corrected chi connectivity index (χ2v) is 10.5. The Morgan fingerprint density at radius 3 is 2.29 bits per heavy atom. The fourth-order valence-corrected chi connectivity index (χ4v) is 4.98. The maximum atomic E-state index is 12.6. The Labute approximate surface area is 243 Å². The van der Waals surface area contributed by atoms with E-state index in [2.05, 4.69) is 55.6 Å². The van der Waals surface area contributed by atoms with Crippen LogP contribution in [0.15, 0.2) is 106 Å². The van der Waals surface area contributed by atoms with Crippen LogP contribution in [-0.4, -0.2) is 18.5 Å². The third-order valence-electron chi connectivity index (χ3n) is 5.79. The number of nitrogens with zero attached hydrogens (tertiary/aromatic N) is 1. The first-order valence-electron chi connectivity index (χ1n) is 12.0. The van der Waals surface area contributed by atoms with Gasteiger partial charge in [0.25, 0.3) is 0 Å². The summed E-state index contributed by atoms with van der Waals surface area (Å²) >= 11 is 5.67. The molecule has 0 radical (unpaired) electrons. The molecule has 4 aromatic carbocycles. The van der Waals surface area contributed by atoms with Crippen molar-refractivity contribution in [3.05, 3.63) is 121 Å². The topological polar surface area (TPSA) is 57.1 Å². The van der Waals surface area contributed by atoms with Crippen molar-refractivity contribution in [2.24, 2.45) is 4.99 Å². The summed E-state index contributed by atoms with van der Waals surface area (Å²) in [6.07, 6.45) is 1.71. The van der Waals surface area contributed by atoms with Gasteiger partial charge in [0.1, 0.15) is 6.61 Å². The van der Waals surface area contributed by atoms with Crippen LogP contribution in [0.25, 0.3) is 17.2 Å². The average molecular weight is 680 g/mol. The second-order valence-electron chi connectivity index (χ2n) is 8.46. The number of hydrogen-bond acceptors (Lipinski definition) is 5. The van der Waals surface area contributed by atoms with Crippen LogP contribution in [0.2, 0.25) is 0 Å². The Bertz CT molecular complexity index is 1510. The first-order chi connectivity index (χ1) is 18.5. The summed E-state index contributed by atoms with van der Waals surface area (Å²) in [7, 11) is 0. The Morgan fingerprint density at radius 2 is 1.58 bits per heavy atom. The standard InChI is InChI=1S/C31H23BrINO4/c1-2-36-28-18-21(16-26(33)29(28)37-19-20-8-14-25(32)15-9-20)17-27-31(35)38-30(34-27)24-12-10-23(11-13-24)22-6-4-3-5-7-22/h3-18H,2,19H2,1H3/b27-17-. The van der Waals surface area contributed by atoms with Gasteiger partial charge in [-0.15, -0.1) is 0 Å². The maximum Gasteiger partial charge on any atom is 0.363 e. The van der Waals surface area contributed by atoms with Crippen LogP contribution in [0.3, 0.4) is 0 Å². The van der Waals surface area contributed by atoms with E-state index in [4.69, 9.17) is 14.2 Å². The average Bonchev–Trinajstić information content (AvgIpc) is 3.30. The van der Waals surface area contributed by atoms with Gasteiger partial charge in [0.15, 0.2) is 17.2 Å². The molecule has 1 aliphatic heterocycles. The van der Waals surface area contributed by atoms with E-state index < -0.39 is 5.97 Å². The number of halogens is 2. The molecule has 1 aliphatic rings. The van der Waals surface area contributed by atoms with E-state index in [0.29, 0.717) is 24.7 Å². The SMILES string of the molecule is CCOc1cc(/C=C2\N=C(c3ccc(-c4ccccc4)cc3)OC2=O)cc(I)c1OCc1ccc(Br)cc1. The van der Waals surface area contributed by atoms with Crippen LogP contribution in [0, 0.1) is 3.57 Å². The van der Waals surface area contributed by atoms with Crippen molar-refractivity contribution in [2.75, 3.05) is 6.61 Å². The summed E-state index contributed by atoms with van der Waals surface area (Å²) in [4.78, 5) is 17.1. The molecule has 7 heteroatoms. The Kier molecular flexibility index (Phi) is 8.24. The molecule has 0 N–H and O–H groups in total. The predicted molar refractivity (Wildman–Crippen MR) is 161 cm³/mol. The van der Waals surface area contributed by atoms with Gasteiger partial charge in [-0.25, -0.2) is 9.79 Å². The van der Waals surface area contributed by atoms with Crippen molar-refractivity contribution >= 4 is 56.5 Å². The molecule has 0 saturated heterocycles. The Balaban J connectivity index is 1.37. The zero-order valence-electron chi connectivity index (χ0n) is 20.5. The van der Waals surface area contributed by atoms with E-state index in [1.54, 1.807) is 6.08 Å². The molecule has 1 heterocycles. The van der Waals surface area contributed by atoms with Crippen molar-refractivity contribution in [3.8, 4) is 22.6 Å². The molecule has 0 saturated carbocycles. The van der Waals surface area contributed by atoms with E-state index in [1.165, 1.54) is 0 Å². The number of aliphatic imine (C=N–C) groups is 1. The summed E-state index contributed by atoms with van der Waals surface area (Å²) in [5, 5.41) is 0. The van der Waals surface area contributed by atoms with Crippen LogP contribution < -0.4 is 9.47 Å². The molecule has 0 fully saturated rings. The van der Waals surface area contributed by atoms with Crippen LogP contribution in [0.1, 0.15) is 23.6 Å². The minimum atomic E-state index is -0.490. The number of ether oxygens (including phenoxy) is 3. The fraction of sp³-hybridized carbons (Fsp3) is 0.0968. The number of hydrogen-bond donors (Lipinski definition) is 0. The summed E-state index contributed by atoms with van der Waals surface area (Å²) in [6.45, 7) is 2.81. The third-order valence-corrected chi connectivity index (χ3v) is 7.12. The number of rotatable bonds is 8. The lowest BCUT2D eigenvalue weighted by Crippen LogP contribution is -2.05. The van der Waals surface area contributed by atoms with Gasteiger partial charge in [-0.1, -0.05) is 70.5 Å². The third kappa shape index (κ3) is 6.16. The molecule has 0 atom stereocenters.